The van der Waals surface area contributed by atoms with E-state index >= 15 is 0 Å². The molecule has 0 saturated carbocycles. The molecule has 1 aromatic heterocycles. The first-order valence-electron chi connectivity index (χ1n) is 11.6. The molecule has 0 bridgehead atoms. The van der Waals surface area contributed by atoms with Crippen LogP contribution in [0.15, 0.2) is 77.4 Å². The summed E-state index contributed by atoms with van der Waals surface area (Å²) >= 11 is 0. The van der Waals surface area contributed by atoms with E-state index in [1.54, 1.807) is 6.26 Å². The predicted molar refractivity (Wildman–Crippen MR) is 129 cm³/mol. The van der Waals surface area contributed by atoms with E-state index in [0.29, 0.717) is 17.8 Å². The molecule has 2 atom stereocenters. The van der Waals surface area contributed by atoms with Crippen molar-refractivity contribution in [1.29, 1.82) is 0 Å². The number of hydrogen-bond donors (Lipinski definition) is 0. The number of nitrogens with zero attached hydrogens (tertiary/aromatic N) is 2. The molecule has 1 amide bonds. The zero-order valence-corrected chi connectivity index (χ0v) is 19.4. The van der Waals surface area contributed by atoms with Crippen molar-refractivity contribution in [2.24, 2.45) is 11.8 Å². The zero-order chi connectivity index (χ0) is 22.5. The summed E-state index contributed by atoms with van der Waals surface area (Å²) in [6.45, 7) is 10.7. The molecule has 1 saturated heterocycles. The summed E-state index contributed by atoms with van der Waals surface area (Å²) in [5.74, 6) is 2.31. The molecule has 0 radical (unpaired) electrons. The Morgan fingerprint density at radius 1 is 1.03 bits per heavy atom. The fourth-order valence-electron chi connectivity index (χ4n) is 4.82. The van der Waals surface area contributed by atoms with Crippen LogP contribution < -0.4 is 0 Å². The van der Waals surface area contributed by atoms with Gasteiger partial charge < -0.3 is 9.32 Å². The van der Waals surface area contributed by atoms with Gasteiger partial charge in [-0.25, -0.2) is 0 Å². The van der Waals surface area contributed by atoms with E-state index in [-0.39, 0.29) is 5.91 Å². The summed E-state index contributed by atoms with van der Waals surface area (Å²) in [6, 6.07) is 22.7. The molecule has 1 aliphatic rings. The van der Waals surface area contributed by atoms with Crippen LogP contribution >= 0.6 is 0 Å². The van der Waals surface area contributed by atoms with Crippen LogP contribution in [0.4, 0.5) is 0 Å². The van der Waals surface area contributed by atoms with Crippen LogP contribution in [-0.4, -0.2) is 41.9 Å². The number of rotatable bonds is 8. The van der Waals surface area contributed by atoms with Crippen molar-refractivity contribution in [3.63, 3.8) is 0 Å². The number of benzene rings is 2. The number of likely N-dealkylation sites (tertiary alicyclic amines) is 1. The quantitative estimate of drug-likeness (QED) is 0.467. The van der Waals surface area contributed by atoms with Crippen molar-refractivity contribution in [3.05, 3.63) is 95.4 Å². The molecule has 0 aliphatic carbocycles. The highest BCUT2D eigenvalue weighted by molar-refractivity contribution is 5.94. The Morgan fingerprint density at radius 3 is 2.44 bits per heavy atom. The first-order valence-corrected chi connectivity index (χ1v) is 11.6. The van der Waals surface area contributed by atoms with Crippen molar-refractivity contribution in [2.75, 3.05) is 26.2 Å². The Balaban J connectivity index is 1.56. The molecule has 1 aliphatic heterocycles. The summed E-state index contributed by atoms with van der Waals surface area (Å²) in [4.78, 5) is 18.0. The minimum atomic E-state index is 0.134. The van der Waals surface area contributed by atoms with E-state index in [4.69, 9.17) is 4.42 Å². The molecule has 0 unspecified atom stereocenters. The van der Waals surface area contributed by atoms with Crippen LogP contribution in [0.25, 0.3) is 0 Å². The second-order valence-electron chi connectivity index (χ2n) is 9.52. The van der Waals surface area contributed by atoms with Crippen molar-refractivity contribution in [2.45, 2.75) is 33.2 Å². The Hall–Kier alpha value is -2.85. The lowest BCUT2D eigenvalue weighted by Crippen LogP contribution is -2.39. The minimum absolute atomic E-state index is 0.134. The van der Waals surface area contributed by atoms with Gasteiger partial charge in [0.2, 0.25) is 0 Å². The molecular weight excluding hydrogens is 396 g/mol. The average molecular weight is 431 g/mol. The average Bonchev–Trinajstić information content (AvgIpc) is 3.44. The molecule has 0 N–H and O–H groups in total. The van der Waals surface area contributed by atoms with Gasteiger partial charge in [0, 0.05) is 37.7 Å². The maximum Gasteiger partial charge on any atom is 0.253 e. The smallest absolute Gasteiger partial charge is 0.253 e. The number of carbonyl (C=O) groups is 1. The van der Waals surface area contributed by atoms with Gasteiger partial charge in [-0.05, 0) is 48.6 Å². The highest BCUT2D eigenvalue weighted by Crippen LogP contribution is 2.34. The standard InChI is InChI=1S/C28H34N2O2/c1-21(2)16-30(28(31)24-13-11-22(3)12-14-24)18-25-17-29(19-26-10-7-15-32-26)20-27(25)23-8-5-4-6-9-23/h4-15,21,25,27H,16-20H2,1-3H3/t25-,27+/m0/s1. The Kier molecular flexibility index (Phi) is 7.11. The number of carbonyl (C=O) groups excluding carboxylic acids is 1. The lowest BCUT2D eigenvalue weighted by Gasteiger charge is -2.30. The van der Waals surface area contributed by atoms with Crippen LogP contribution in [-0.2, 0) is 6.54 Å². The van der Waals surface area contributed by atoms with Crippen molar-refractivity contribution < 1.29 is 9.21 Å². The molecule has 4 rings (SSSR count). The number of aryl methyl sites for hydroxylation is 1. The Morgan fingerprint density at radius 2 is 1.78 bits per heavy atom. The molecule has 0 spiro atoms. The molecule has 168 valence electrons. The molecule has 2 heterocycles. The molecule has 1 fully saturated rings. The Labute approximate surface area is 191 Å². The topological polar surface area (TPSA) is 36.7 Å². The minimum Gasteiger partial charge on any atom is -0.468 e. The zero-order valence-electron chi connectivity index (χ0n) is 19.4. The van der Waals surface area contributed by atoms with E-state index in [0.717, 1.165) is 44.0 Å². The number of furan rings is 1. The number of amides is 1. The van der Waals surface area contributed by atoms with Crippen LogP contribution in [0.2, 0.25) is 0 Å². The van der Waals surface area contributed by atoms with Gasteiger partial charge in [-0.3, -0.25) is 9.69 Å². The lowest BCUT2D eigenvalue weighted by molar-refractivity contribution is 0.0703. The summed E-state index contributed by atoms with van der Waals surface area (Å²) in [7, 11) is 0. The fraction of sp³-hybridized carbons (Fsp3) is 0.393. The maximum absolute atomic E-state index is 13.5. The van der Waals surface area contributed by atoms with Crippen LogP contribution in [0, 0.1) is 18.8 Å². The van der Waals surface area contributed by atoms with Gasteiger partial charge >= 0.3 is 0 Å². The largest absolute Gasteiger partial charge is 0.468 e. The molecule has 3 aromatic rings. The number of hydrogen-bond acceptors (Lipinski definition) is 3. The van der Waals surface area contributed by atoms with Gasteiger partial charge in [-0.2, -0.15) is 0 Å². The first-order chi connectivity index (χ1) is 15.5. The monoisotopic (exact) mass is 430 g/mol. The van der Waals surface area contributed by atoms with E-state index in [2.05, 4.69) is 60.9 Å². The molecule has 4 heteroatoms. The van der Waals surface area contributed by atoms with Gasteiger partial charge in [0.1, 0.15) is 5.76 Å². The van der Waals surface area contributed by atoms with Gasteiger partial charge in [0.05, 0.1) is 12.8 Å². The predicted octanol–water partition coefficient (Wildman–Crippen LogP) is 5.60. The normalized spacial score (nSPS) is 18.9. The molecule has 32 heavy (non-hydrogen) atoms. The van der Waals surface area contributed by atoms with Crippen molar-refractivity contribution >= 4 is 5.91 Å². The maximum atomic E-state index is 13.5. The second kappa shape index (κ2) is 10.2. The van der Waals surface area contributed by atoms with Crippen molar-refractivity contribution in [1.82, 2.24) is 9.80 Å². The van der Waals surface area contributed by atoms with Gasteiger partial charge in [-0.15, -0.1) is 0 Å². The third-order valence-electron chi connectivity index (χ3n) is 6.33. The van der Waals surface area contributed by atoms with Gasteiger partial charge in [0.15, 0.2) is 0 Å². The van der Waals surface area contributed by atoms with Crippen LogP contribution in [0.3, 0.4) is 0 Å². The third-order valence-corrected chi connectivity index (χ3v) is 6.33. The van der Waals surface area contributed by atoms with Gasteiger partial charge in [-0.1, -0.05) is 61.9 Å². The van der Waals surface area contributed by atoms with Gasteiger partial charge in [0.25, 0.3) is 5.91 Å². The van der Waals surface area contributed by atoms with Crippen LogP contribution in [0.1, 0.15) is 47.0 Å². The molecule has 2 aromatic carbocycles. The third kappa shape index (κ3) is 5.49. The van der Waals surface area contributed by atoms with E-state index in [1.807, 2.05) is 36.4 Å². The van der Waals surface area contributed by atoms with Crippen LogP contribution in [0.5, 0.6) is 0 Å². The highest BCUT2D eigenvalue weighted by atomic mass is 16.3. The van der Waals surface area contributed by atoms with Crippen molar-refractivity contribution in [3.8, 4) is 0 Å². The summed E-state index contributed by atoms with van der Waals surface area (Å²) in [6.07, 6.45) is 1.74. The first kappa shape index (κ1) is 22.3. The summed E-state index contributed by atoms with van der Waals surface area (Å²) in [5, 5.41) is 0. The summed E-state index contributed by atoms with van der Waals surface area (Å²) in [5.41, 5.74) is 3.30. The Bertz CT molecular complexity index is 980. The fourth-order valence-corrected chi connectivity index (χ4v) is 4.82. The highest BCUT2D eigenvalue weighted by Gasteiger charge is 2.36. The second-order valence-corrected chi connectivity index (χ2v) is 9.52. The van der Waals surface area contributed by atoms with E-state index in [1.165, 1.54) is 11.1 Å². The lowest BCUT2D eigenvalue weighted by atomic mass is 9.88. The summed E-state index contributed by atoms with van der Waals surface area (Å²) < 4.78 is 5.60. The SMILES string of the molecule is Cc1ccc(C(=O)N(CC(C)C)C[C@@H]2CN(Cc3ccco3)C[C@@H]2c2ccccc2)cc1. The van der Waals surface area contributed by atoms with E-state index < -0.39 is 0 Å². The molecular formula is C28H34N2O2. The van der Waals surface area contributed by atoms with E-state index in [9.17, 15) is 4.79 Å². The molecule has 4 nitrogen and oxygen atoms in total.